The van der Waals surface area contributed by atoms with Gasteiger partial charge in [-0.15, -0.1) is 0 Å². The summed E-state index contributed by atoms with van der Waals surface area (Å²) in [6.45, 7) is 2.04. The van der Waals surface area contributed by atoms with Crippen LogP contribution in [0.25, 0.3) is 16.9 Å². The molecule has 4 heterocycles. The molecule has 0 fully saturated rings. The normalized spacial score (nSPS) is 17.7. The SMILES string of the molecule is CN1Cc2cc(Nc3ncc4c(F)cn(-c5cccc(N=S(C)(C)=O)n5)c4n3)cc3c2[C@@H](CCC3)C1. The Kier molecular flexibility index (Phi) is 5.53. The molecule has 1 N–H and O–H groups in total. The van der Waals surface area contributed by atoms with Gasteiger partial charge in [-0.25, -0.2) is 18.6 Å². The third-order valence-corrected chi connectivity index (χ3v) is 7.39. The van der Waals surface area contributed by atoms with E-state index in [-0.39, 0.29) is 0 Å². The fraction of sp³-hybridized carbons (Fsp3) is 0.346. The Bertz CT molecular complexity index is 1610. The summed E-state index contributed by atoms with van der Waals surface area (Å²) in [6.07, 6.45) is 9.45. The molecule has 36 heavy (non-hydrogen) atoms. The van der Waals surface area contributed by atoms with E-state index in [9.17, 15) is 8.60 Å². The quantitative estimate of drug-likeness (QED) is 0.423. The summed E-state index contributed by atoms with van der Waals surface area (Å²) in [5.41, 5.74) is 5.62. The Morgan fingerprint density at radius 3 is 2.86 bits per heavy atom. The Balaban J connectivity index is 1.39. The van der Waals surface area contributed by atoms with Crippen molar-refractivity contribution in [2.45, 2.75) is 31.7 Å². The fourth-order valence-electron chi connectivity index (χ4n) is 5.47. The molecule has 3 aromatic heterocycles. The number of aryl methyl sites for hydroxylation is 1. The molecule has 2 aliphatic rings. The molecule has 0 radical (unpaired) electrons. The second-order valence-corrected chi connectivity index (χ2v) is 12.6. The molecular formula is C26H28FN7OS. The third-order valence-electron chi connectivity index (χ3n) is 6.76. The summed E-state index contributed by atoms with van der Waals surface area (Å²) in [5, 5.41) is 3.65. The lowest BCUT2D eigenvalue weighted by Gasteiger charge is -2.37. The Morgan fingerprint density at radius 1 is 1.19 bits per heavy atom. The van der Waals surface area contributed by atoms with Gasteiger partial charge in [0.05, 0.1) is 5.39 Å². The van der Waals surface area contributed by atoms with Crippen LogP contribution in [0, 0.1) is 5.82 Å². The maximum atomic E-state index is 14.8. The van der Waals surface area contributed by atoms with Crippen molar-refractivity contribution in [1.82, 2.24) is 24.4 Å². The molecule has 0 bridgehead atoms. The number of hydrogen-bond donors (Lipinski definition) is 1. The summed E-state index contributed by atoms with van der Waals surface area (Å²) >= 11 is 0. The van der Waals surface area contributed by atoms with Crippen molar-refractivity contribution in [3.8, 4) is 5.82 Å². The molecule has 8 nitrogen and oxygen atoms in total. The van der Waals surface area contributed by atoms with E-state index in [1.165, 1.54) is 41.9 Å². The number of aromatic nitrogens is 4. The molecule has 0 spiro atoms. The minimum atomic E-state index is -2.38. The zero-order valence-electron chi connectivity index (χ0n) is 20.5. The van der Waals surface area contributed by atoms with Crippen molar-refractivity contribution in [3.05, 3.63) is 65.2 Å². The van der Waals surface area contributed by atoms with Gasteiger partial charge in [-0.1, -0.05) is 6.07 Å². The highest BCUT2D eigenvalue weighted by Crippen LogP contribution is 2.40. The summed E-state index contributed by atoms with van der Waals surface area (Å²) in [6, 6.07) is 9.56. The van der Waals surface area contributed by atoms with E-state index in [2.05, 4.69) is 48.7 Å². The Morgan fingerprint density at radius 2 is 2.03 bits per heavy atom. The standard InChI is InChI=1S/C26H28FN7OS/c1-33-13-17-7-4-6-16-10-19(11-18(14-33)24(16)17)29-26-28-12-20-21(27)15-34(25(20)31-26)23-9-5-8-22(30-23)32-36(2,3)35/h5,8-12,15,17H,4,6-7,13-14H2,1-3H3,(H,28,29,31)/t17-/m0/s1. The number of halogens is 1. The van der Waals surface area contributed by atoms with E-state index in [0.717, 1.165) is 25.2 Å². The lowest BCUT2D eigenvalue weighted by atomic mass is 9.77. The van der Waals surface area contributed by atoms with Crippen molar-refractivity contribution in [2.75, 3.05) is 31.4 Å². The molecule has 0 saturated heterocycles. The van der Waals surface area contributed by atoms with Crippen LogP contribution >= 0.6 is 0 Å². The zero-order chi connectivity index (χ0) is 25.0. The molecule has 0 unspecified atom stereocenters. The van der Waals surface area contributed by atoms with E-state index in [4.69, 9.17) is 0 Å². The molecule has 6 rings (SSSR count). The maximum Gasteiger partial charge on any atom is 0.229 e. The number of rotatable bonds is 4. The van der Waals surface area contributed by atoms with E-state index in [0.29, 0.717) is 34.5 Å². The maximum absolute atomic E-state index is 14.8. The fourth-order valence-corrected chi connectivity index (χ4v) is 6.02. The van der Waals surface area contributed by atoms with Gasteiger partial charge in [0.2, 0.25) is 5.95 Å². The van der Waals surface area contributed by atoms with Gasteiger partial charge in [0.25, 0.3) is 0 Å². The smallest absolute Gasteiger partial charge is 0.229 e. The summed E-state index contributed by atoms with van der Waals surface area (Å²) in [5.74, 6) is 1.31. The third kappa shape index (κ3) is 4.35. The van der Waals surface area contributed by atoms with Gasteiger partial charge in [-0.2, -0.15) is 9.35 Å². The highest BCUT2D eigenvalue weighted by molar-refractivity contribution is 7.92. The van der Waals surface area contributed by atoms with Gasteiger partial charge in [0.15, 0.2) is 17.3 Å². The lowest BCUT2D eigenvalue weighted by molar-refractivity contribution is 0.266. The van der Waals surface area contributed by atoms with Crippen LogP contribution in [0.3, 0.4) is 0 Å². The first-order valence-electron chi connectivity index (χ1n) is 12.0. The van der Waals surface area contributed by atoms with Crippen molar-refractivity contribution in [2.24, 2.45) is 4.36 Å². The summed E-state index contributed by atoms with van der Waals surface area (Å²) in [7, 11) is -0.206. The highest BCUT2D eigenvalue weighted by atomic mass is 32.2. The minimum absolute atomic E-state index is 0.296. The van der Waals surface area contributed by atoms with Crippen LogP contribution in [0.15, 0.2) is 47.1 Å². The van der Waals surface area contributed by atoms with Gasteiger partial charge < -0.3 is 10.2 Å². The number of nitrogens with one attached hydrogen (secondary N) is 1. The van der Waals surface area contributed by atoms with Gasteiger partial charge >= 0.3 is 0 Å². The van der Waals surface area contributed by atoms with Gasteiger partial charge in [0, 0.05) is 53.4 Å². The number of nitrogens with zero attached hydrogens (tertiary/aromatic N) is 6. The first-order valence-corrected chi connectivity index (χ1v) is 14.4. The van der Waals surface area contributed by atoms with Crippen LogP contribution in [0.1, 0.15) is 35.4 Å². The van der Waals surface area contributed by atoms with Crippen LogP contribution < -0.4 is 5.32 Å². The number of benzene rings is 1. The number of likely N-dealkylation sites (N-methyl/N-ethyl adjacent to an activating group) is 1. The van der Waals surface area contributed by atoms with Crippen LogP contribution in [-0.2, 0) is 22.7 Å². The summed E-state index contributed by atoms with van der Waals surface area (Å²) in [4.78, 5) is 15.9. The van der Waals surface area contributed by atoms with E-state index < -0.39 is 15.5 Å². The van der Waals surface area contributed by atoms with Gasteiger partial charge in [-0.3, -0.25) is 4.57 Å². The molecule has 1 aliphatic heterocycles. The van der Waals surface area contributed by atoms with Gasteiger partial charge in [-0.05, 0) is 73.2 Å². The summed E-state index contributed by atoms with van der Waals surface area (Å²) < 4.78 is 32.6. The first-order chi connectivity index (χ1) is 17.2. The lowest BCUT2D eigenvalue weighted by Crippen LogP contribution is -2.33. The molecule has 0 saturated carbocycles. The average molecular weight is 506 g/mol. The Labute approximate surface area is 209 Å². The van der Waals surface area contributed by atoms with Crippen molar-refractivity contribution in [3.63, 3.8) is 0 Å². The topological polar surface area (TPSA) is 88.3 Å². The van der Waals surface area contributed by atoms with Crippen molar-refractivity contribution >= 4 is 38.2 Å². The van der Waals surface area contributed by atoms with E-state index in [1.807, 2.05) is 0 Å². The number of hydrogen-bond acceptors (Lipinski definition) is 7. The Hall–Kier alpha value is -3.37. The average Bonchev–Trinajstić information content (AvgIpc) is 3.14. The zero-order valence-corrected chi connectivity index (χ0v) is 21.3. The second-order valence-electron chi connectivity index (χ2n) is 10.0. The predicted molar refractivity (Wildman–Crippen MR) is 140 cm³/mol. The molecule has 1 atom stereocenters. The van der Waals surface area contributed by atoms with E-state index >= 15 is 0 Å². The molecule has 4 aromatic rings. The van der Waals surface area contributed by atoms with Crippen molar-refractivity contribution in [1.29, 1.82) is 0 Å². The minimum Gasteiger partial charge on any atom is -0.324 e. The number of pyridine rings is 1. The predicted octanol–water partition coefficient (Wildman–Crippen LogP) is 4.92. The largest absolute Gasteiger partial charge is 0.324 e. The van der Waals surface area contributed by atoms with Crippen LogP contribution in [0.2, 0.25) is 0 Å². The van der Waals surface area contributed by atoms with Crippen LogP contribution in [0.5, 0.6) is 0 Å². The monoisotopic (exact) mass is 505 g/mol. The highest BCUT2D eigenvalue weighted by Gasteiger charge is 2.29. The number of fused-ring (bicyclic) bond motifs is 1. The number of anilines is 2. The second kappa shape index (κ2) is 8.63. The van der Waals surface area contributed by atoms with Gasteiger partial charge in [0.1, 0.15) is 5.82 Å². The molecular weight excluding hydrogens is 477 g/mol. The molecule has 186 valence electrons. The molecule has 1 aromatic carbocycles. The molecule has 0 amide bonds. The molecule has 1 aliphatic carbocycles. The first kappa shape index (κ1) is 23.1. The van der Waals surface area contributed by atoms with E-state index in [1.54, 1.807) is 35.3 Å². The van der Waals surface area contributed by atoms with Crippen LogP contribution in [0.4, 0.5) is 21.8 Å². The molecule has 10 heteroatoms. The van der Waals surface area contributed by atoms with Crippen LogP contribution in [-0.4, -0.2) is 54.7 Å². The van der Waals surface area contributed by atoms with Crippen molar-refractivity contribution < 1.29 is 8.60 Å².